The van der Waals surface area contributed by atoms with Crippen molar-refractivity contribution >= 4 is 23.4 Å². The van der Waals surface area contributed by atoms with E-state index in [1.54, 1.807) is 32.9 Å². The van der Waals surface area contributed by atoms with Crippen molar-refractivity contribution in [1.29, 1.82) is 0 Å². The van der Waals surface area contributed by atoms with E-state index in [0.29, 0.717) is 61.0 Å². The number of esters is 1. The first kappa shape index (κ1) is 28.4. The minimum atomic E-state index is -0.800. The Kier molecular flexibility index (Phi) is 9.08. The molecule has 1 aromatic carbocycles. The highest BCUT2D eigenvalue weighted by Crippen LogP contribution is 2.41. The molecular formula is C29H37N3O7. The van der Waals surface area contributed by atoms with E-state index in [0.717, 1.165) is 19.5 Å². The molecule has 1 aromatic heterocycles. The van der Waals surface area contributed by atoms with Crippen LogP contribution in [0.3, 0.4) is 0 Å². The molecule has 0 saturated carbocycles. The molecule has 1 amide bonds. The predicted octanol–water partition coefficient (Wildman–Crippen LogP) is 3.35. The summed E-state index contributed by atoms with van der Waals surface area (Å²) in [5.41, 5.74) is 2.13. The molecule has 4 rings (SSSR count). The Bertz CT molecular complexity index is 1240. The van der Waals surface area contributed by atoms with Crippen LogP contribution in [0.2, 0.25) is 0 Å². The number of carbonyl (C=O) groups excluding carboxylic acids is 3. The normalized spacial score (nSPS) is 19.5. The first-order valence-corrected chi connectivity index (χ1v) is 13.5. The Morgan fingerprint density at radius 1 is 1.10 bits per heavy atom. The molecule has 10 nitrogen and oxygen atoms in total. The minimum Gasteiger partial charge on any atom is -0.507 e. The number of H-pyrrole nitrogens is 1. The van der Waals surface area contributed by atoms with Gasteiger partial charge in [-0.2, -0.15) is 0 Å². The number of aryl methyl sites for hydroxylation is 1. The first-order valence-electron chi connectivity index (χ1n) is 13.5. The molecule has 10 heteroatoms. The molecule has 210 valence electrons. The van der Waals surface area contributed by atoms with Gasteiger partial charge in [-0.1, -0.05) is 19.1 Å². The van der Waals surface area contributed by atoms with E-state index >= 15 is 0 Å². The molecule has 0 aliphatic carbocycles. The lowest BCUT2D eigenvalue weighted by atomic mass is 9.94. The molecule has 2 N–H and O–H groups in total. The molecule has 2 aliphatic rings. The van der Waals surface area contributed by atoms with Gasteiger partial charge in [0.05, 0.1) is 38.0 Å². The van der Waals surface area contributed by atoms with Gasteiger partial charge in [0.1, 0.15) is 17.2 Å². The summed E-state index contributed by atoms with van der Waals surface area (Å²) in [6, 6.07) is 6.44. The number of aliphatic hydroxyl groups is 1. The molecule has 2 aromatic rings. The van der Waals surface area contributed by atoms with Gasteiger partial charge in [-0.25, -0.2) is 4.79 Å². The van der Waals surface area contributed by atoms with Crippen LogP contribution in [0.4, 0.5) is 0 Å². The molecule has 39 heavy (non-hydrogen) atoms. The fourth-order valence-corrected chi connectivity index (χ4v) is 5.14. The van der Waals surface area contributed by atoms with Crippen molar-refractivity contribution in [2.45, 2.75) is 40.2 Å². The zero-order chi connectivity index (χ0) is 28.1. The monoisotopic (exact) mass is 539 g/mol. The number of likely N-dealkylation sites (tertiary alicyclic amines) is 1. The SMILES string of the molecule is CCCOc1ccc(C2/C(=C(\O)c3c(C)[nH]c(C(=O)OCC)c3C)C(=O)C(=O)N2CCN2CCOCC2)cc1. The van der Waals surface area contributed by atoms with Gasteiger partial charge in [0, 0.05) is 37.4 Å². The van der Waals surface area contributed by atoms with Gasteiger partial charge in [0.15, 0.2) is 0 Å². The maximum atomic E-state index is 13.5. The van der Waals surface area contributed by atoms with Crippen molar-refractivity contribution in [1.82, 2.24) is 14.8 Å². The Labute approximate surface area is 228 Å². The van der Waals surface area contributed by atoms with Crippen molar-refractivity contribution in [3.05, 3.63) is 57.9 Å². The number of nitrogens with one attached hydrogen (secondary N) is 1. The number of ether oxygens (including phenoxy) is 3. The van der Waals surface area contributed by atoms with Gasteiger partial charge >= 0.3 is 5.97 Å². The van der Waals surface area contributed by atoms with E-state index in [1.165, 1.54) is 4.90 Å². The third-order valence-corrected chi connectivity index (χ3v) is 7.12. The molecule has 0 bridgehead atoms. The standard InChI is InChI=1S/C29H37N3O7/c1-5-15-39-21-9-7-20(8-10-21)25-23(26(33)22-18(3)24(30-19(22)4)29(36)38-6-2)27(34)28(35)32(25)12-11-31-13-16-37-17-14-31/h7-10,25,30,33H,5-6,11-17H2,1-4H3/b26-23+. The van der Waals surface area contributed by atoms with Gasteiger partial charge in [-0.05, 0) is 50.5 Å². The molecule has 2 saturated heterocycles. The van der Waals surface area contributed by atoms with Crippen LogP contribution in [0.5, 0.6) is 5.75 Å². The largest absolute Gasteiger partial charge is 0.507 e. The van der Waals surface area contributed by atoms with Crippen LogP contribution in [-0.2, 0) is 19.1 Å². The van der Waals surface area contributed by atoms with Gasteiger partial charge in [-0.15, -0.1) is 0 Å². The highest BCUT2D eigenvalue weighted by atomic mass is 16.5. The Morgan fingerprint density at radius 2 is 1.79 bits per heavy atom. The van der Waals surface area contributed by atoms with E-state index in [4.69, 9.17) is 14.2 Å². The number of nitrogens with zero attached hydrogens (tertiary/aromatic N) is 2. The van der Waals surface area contributed by atoms with Gasteiger partial charge in [0.2, 0.25) is 0 Å². The summed E-state index contributed by atoms with van der Waals surface area (Å²) in [5, 5.41) is 11.6. The third kappa shape index (κ3) is 5.86. The number of carbonyl (C=O) groups is 3. The average molecular weight is 540 g/mol. The average Bonchev–Trinajstić information content (AvgIpc) is 3.38. The lowest BCUT2D eigenvalue weighted by molar-refractivity contribution is -0.140. The number of ketones is 1. The molecule has 2 aliphatic heterocycles. The lowest BCUT2D eigenvalue weighted by Crippen LogP contribution is -2.42. The number of hydrogen-bond acceptors (Lipinski definition) is 8. The smallest absolute Gasteiger partial charge is 0.355 e. The maximum absolute atomic E-state index is 13.5. The number of aliphatic hydroxyl groups excluding tert-OH is 1. The zero-order valence-electron chi connectivity index (χ0n) is 23.0. The number of amides is 1. The number of morpholine rings is 1. The summed E-state index contributed by atoms with van der Waals surface area (Å²) in [6.45, 7) is 11.5. The van der Waals surface area contributed by atoms with Crippen LogP contribution >= 0.6 is 0 Å². The van der Waals surface area contributed by atoms with Crippen LogP contribution in [0.15, 0.2) is 29.8 Å². The fourth-order valence-electron chi connectivity index (χ4n) is 5.14. The number of benzene rings is 1. The van der Waals surface area contributed by atoms with Crippen molar-refractivity contribution in [3.8, 4) is 5.75 Å². The van der Waals surface area contributed by atoms with E-state index < -0.39 is 23.7 Å². The Morgan fingerprint density at radius 3 is 2.44 bits per heavy atom. The maximum Gasteiger partial charge on any atom is 0.355 e. The van der Waals surface area contributed by atoms with Gasteiger partial charge < -0.3 is 29.2 Å². The van der Waals surface area contributed by atoms with Crippen LogP contribution in [0.1, 0.15) is 59.2 Å². The number of rotatable bonds is 10. The molecule has 1 unspecified atom stereocenters. The number of Topliss-reactive ketones (excluding diaryl/α,β-unsaturated/α-hetero) is 1. The Hall–Kier alpha value is -3.63. The van der Waals surface area contributed by atoms with Gasteiger partial charge in [-0.3, -0.25) is 14.5 Å². The second-order valence-electron chi connectivity index (χ2n) is 9.71. The summed E-state index contributed by atoms with van der Waals surface area (Å²) in [7, 11) is 0. The van der Waals surface area contributed by atoms with Crippen molar-refractivity contribution in [2.24, 2.45) is 0 Å². The van der Waals surface area contributed by atoms with E-state index in [2.05, 4.69) is 9.88 Å². The molecule has 0 spiro atoms. The second-order valence-corrected chi connectivity index (χ2v) is 9.71. The molecular weight excluding hydrogens is 502 g/mol. The number of aromatic amines is 1. The highest BCUT2D eigenvalue weighted by molar-refractivity contribution is 6.46. The fraction of sp³-hybridized carbons (Fsp3) is 0.483. The second kappa shape index (κ2) is 12.5. The quantitative estimate of drug-likeness (QED) is 0.204. The summed E-state index contributed by atoms with van der Waals surface area (Å²) >= 11 is 0. The van der Waals surface area contributed by atoms with E-state index in [9.17, 15) is 19.5 Å². The predicted molar refractivity (Wildman–Crippen MR) is 145 cm³/mol. The van der Waals surface area contributed by atoms with Crippen LogP contribution in [-0.4, -0.2) is 90.2 Å². The summed E-state index contributed by atoms with van der Waals surface area (Å²) in [4.78, 5) is 46.0. The van der Waals surface area contributed by atoms with Gasteiger partial charge in [0.25, 0.3) is 11.7 Å². The molecule has 3 heterocycles. The van der Waals surface area contributed by atoms with E-state index in [-0.39, 0.29) is 23.6 Å². The van der Waals surface area contributed by atoms with Crippen molar-refractivity contribution < 1.29 is 33.7 Å². The van der Waals surface area contributed by atoms with Crippen LogP contribution in [0.25, 0.3) is 5.76 Å². The summed E-state index contributed by atoms with van der Waals surface area (Å²) in [5.74, 6) is -1.62. The topological polar surface area (TPSA) is 121 Å². The molecule has 1 atom stereocenters. The number of aromatic nitrogens is 1. The third-order valence-electron chi connectivity index (χ3n) is 7.12. The van der Waals surface area contributed by atoms with Crippen LogP contribution in [0, 0.1) is 13.8 Å². The molecule has 2 fully saturated rings. The highest BCUT2D eigenvalue weighted by Gasteiger charge is 2.46. The Balaban J connectivity index is 1.77. The first-order chi connectivity index (χ1) is 18.8. The minimum absolute atomic E-state index is 0.00943. The zero-order valence-corrected chi connectivity index (χ0v) is 23.0. The molecule has 0 radical (unpaired) electrons. The van der Waals surface area contributed by atoms with Crippen molar-refractivity contribution in [2.75, 3.05) is 52.6 Å². The summed E-state index contributed by atoms with van der Waals surface area (Å²) < 4.78 is 16.3. The number of hydrogen-bond donors (Lipinski definition) is 2. The lowest BCUT2D eigenvalue weighted by Gasteiger charge is -2.31. The van der Waals surface area contributed by atoms with E-state index in [1.807, 2.05) is 19.1 Å². The van der Waals surface area contributed by atoms with Crippen molar-refractivity contribution in [3.63, 3.8) is 0 Å². The summed E-state index contributed by atoms with van der Waals surface area (Å²) in [6.07, 6.45) is 0.868. The van der Waals surface area contributed by atoms with Crippen LogP contribution < -0.4 is 4.74 Å².